The van der Waals surface area contributed by atoms with E-state index in [0.29, 0.717) is 5.82 Å². The molecule has 4 N–H and O–H groups in total. The molecule has 1 heterocycles. The predicted octanol–water partition coefficient (Wildman–Crippen LogP) is 1.89. The molecule has 6 heteroatoms. The minimum Gasteiger partial charge on any atom is -0.394 e. The van der Waals surface area contributed by atoms with Crippen LogP contribution in [0.5, 0.6) is 0 Å². The third kappa shape index (κ3) is 4.54. The Morgan fingerprint density at radius 2 is 1.71 bits per heavy atom. The first-order valence-corrected chi connectivity index (χ1v) is 7.49. The van der Waals surface area contributed by atoms with E-state index >= 15 is 0 Å². The van der Waals surface area contributed by atoms with E-state index in [0.717, 1.165) is 30.2 Å². The fourth-order valence-corrected chi connectivity index (χ4v) is 1.74. The van der Waals surface area contributed by atoms with Crippen LogP contribution in [0.4, 0.5) is 11.6 Å². The van der Waals surface area contributed by atoms with Crippen molar-refractivity contribution in [1.82, 2.24) is 9.97 Å². The number of hydrogen-bond acceptors (Lipinski definition) is 6. The monoisotopic (exact) mass is 296 g/mol. The van der Waals surface area contributed by atoms with Gasteiger partial charge in [-0.3, -0.25) is 0 Å². The number of nitrogens with zero attached hydrogens (tertiary/aromatic N) is 2. The van der Waals surface area contributed by atoms with E-state index in [1.165, 1.54) is 0 Å². The lowest BCUT2D eigenvalue weighted by Gasteiger charge is -2.28. The highest BCUT2D eigenvalue weighted by molar-refractivity contribution is 5.58. The summed E-state index contributed by atoms with van der Waals surface area (Å²) in [6.45, 7) is 10.3. The van der Waals surface area contributed by atoms with Crippen molar-refractivity contribution in [3.05, 3.63) is 11.4 Å². The van der Waals surface area contributed by atoms with Crippen LogP contribution in [0.15, 0.2) is 0 Å². The third-order valence-electron chi connectivity index (χ3n) is 3.34. The number of aliphatic hydroxyl groups excluding tert-OH is 2. The molecule has 6 nitrogen and oxygen atoms in total. The van der Waals surface area contributed by atoms with Crippen molar-refractivity contribution in [1.29, 1.82) is 0 Å². The summed E-state index contributed by atoms with van der Waals surface area (Å²) in [5.74, 6) is 2.39. The molecule has 0 aliphatic rings. The lowest BCUT2D eigenvalue weighted by Crippen LogP contribution is -2.43. The molecule has 0 saturated carbocycles. The first kappa shape index (κ1) is 17.7. The Balaban J connectivity index is 3.19. The minimum absolute atomic E-state index is 0.179. The van der Waals surface area contributed by atoms with Gasteiger partial charge in [0.25, 0.3) is 0 Å². The maximum absolute atomic E-state index is 9.45. The van der Waals surface area contributed by atoms with Gasteiger partial charge in [-0.15, -0.1) is 0 Å². The van der Waals surface area contributed by atoms with Crippen LogP contribution in [0.3, 0.4) is 0 Å². The van der Waals surface area contributed by atoms with Gasteiger partial charge in [0.1, 0.15) is 17.5 Å². The van der Waals surface area contributed by atoms with E-state index in [1.54, 1.807) is 6.92 Å². The molecule has 0 aliphatic carbocycles. The first-order valence-electron chi connectivity index (χ1n) is 7.49. The number of nitrogens with one attached hydrogen (secondary N) is 2. The molecular formula is C15H28N4O2. The molecule has 120 valence electrons. The van der Waals surface area contributed by atoms with Gasteiger partial charge >= 0.3 is 0 Å². The molecule has 0 spiro atoms. The second-order valence-electron chi connectivity index (χ2n) is 5.99. The molecule has 0 aliphatic heterocycles. The Labute approximate surface area is 127 Å². The molecule has 0 radical (unpaired) electrons. The maximum atomic E-state index is 9.45. The highest BCUT2D eigenvalue weighted by atomic mass is 16.3. The Morgan fingerprint density at radius 1 is 1.14 bits per heavy atom. The van der Waals surface area contributed by atoms with Gasteiger partial charge in [-0.05, 0) is 20.3 Å². The summed E-state index contributed by atoms with van der Waals surface area (Å²) in [5, 5.41) is 25.3. The summed E-state index contributed by atoms with van der Waals surface area (Å²) < 4.78 is 0. The molecule has 0 fully saturated rings. The zero-order valence-corrected chi connectivity index (χ0v) is 13.7. The summed E-state index contributed by atoms with van der Waals surface area (Å²) in [6, 6.07) is 0. The molecule has 1 aromatic heterocycles. The largest absolute Gasteiger partial charge is 0.394 e. The van der Waals surface area contributed by atoms with Gasteiger partial charge in [0.15, 0.2) is 0 Å². The highest BCUT2D eigenvalue weighted by Crippen LogP contribution is 2.25. The van der Waals surface area contributed by atoms with E-state index in [4.69, 9.17) is 0 Å². The Kier molecular flexibility index (Phi) is 6.36. The number of rotatable bonds is 8. The number of aromatic nitrogens is 2. The fraction of sp³-hybridized carbons (Fsp3) is 0.733. The standard InChI is InChI=1S/C15H28N4O2/c1-6-7-16-13-11(4)14(18-12(17-13)10(2)3)19-15(5,8-20)9-21/h10,20-21H,6-9H2,1-5H3,(H2,16,17,18,19). The summed E-state index contributed by atoms with van der Waals surface area (Å²) in [5.41, 5.74) is 0.0797. The summed E-state index contributed by atoms with van der Waals surface area (Å²) in [7, 11) is 0. The number of hydrogen-bond donors (Lipinski definition) is 4. The molecule has 0 unspecified atom stereocenters. The number of aliphatic hydroxyl groups is 2. The van der Waals surface area contributed by atoms with E-state index in [9.17, 15) is 10.2 Å². The van der Waals surface area contributed by atoms with Gasteiger partial charge in [-0.2, -0.15) is 0 Å². The van der Waals surface area contributed by atoms with Gasteiger partial charge in [0.05, 0.1) is 18.8 Å². The fourth-order valence-electron chi connectivity index (χ4n) is 1.74. The molecule has 21 heavy (non-hydrogen) atoms. The van der Waals surface area contributed by atoms with E-state index in [1.807, 2.05) is 20.8 Å². The lowest BCUT2D eigenvalue weighted by molar-refractivity contribution is 0.147. The molecular weight excluding hydrogens is 268 g/mol. The van der Waals surface area contributed by atoms with Crippen LogP contribution in [-0.4, -0.2) is 45.5 Å². The van der Waals surface area contributed by atoms with Crippen LogP contribution in [0.25, 0.3) is 0 Å². The van der Waals surface area contributed by atoms with Crippen molar-refractivity contribution in [3.63, 3.8) is 0 Å². The van der Waals surface area contributed by atoms with Gasteiger partial charge in [-0.1, -0.05) is 20.8 Å². The van der Waals surface area contributed by atoms with Gasteiger partial charge < -0.3 is 20.8 Å². The summed E-state index contributed by atoms with van der Waals surface area (Å²) >= 11 is 0. The van der Waals surface area contributed by atoms with Gasteiger partial charge in [0, 0.05) is 18.0 Å². The van der Waals surface area contributed by atoms with E-state index in [-0.39, 0.29) is 19.1 Å². The minimum atomic E-state index is -0.810. The topological polar surface area (TPSA) is 90.3 Å². The smallest absolute Gasteiger partial charge is 0.135 e. The van der Waals surface area contributed by atoms with Crippen LogP contribution in [0, 0.1) is 6.92 Å². The van der Waals surface area contributed by atoms with Crippen molar-refractivity contribution in [3.8, 4) is 0 Å². The van der Waals surface area contributed by atoms with Crippen LogP contribution < -0.4 is 10.6 Å². The van der Waals surface area contributed by atoms with E-state index in [2.05, 4.69) is 27.5 Å². The molecule has 0 amide bonds. The zero-order chi connectivity index (χ0) is 16.0. The Hall–Kier alpha value is -1.40. The second-order valence-corrected chi connectivity index (χ2v) is 5.99. The van der Waals surface area contributed by atoms with Crippen LogP contribution in [-0.2, 0) is 0 Å². The predicted molar refractivity (Wildman–Crippen MR) is 85.8 cm³/mol. The average Bonchev–Trinajstić information content (AvgIpc) is 2.47. The van der Waals surface area contributed by atoms with Crippen LogP contribution >= 0.6 is 0 Å². The SMILES string of the molecule is CCCNc1nc(C(C)C)nc(NC(C)(CO)CO)c1C. The summed E-state index contributed by atoms with van der Waals surface area (Å²) in [6.07, 6.45) is 1.01. The van der Waals surface area contributed by atoms with Gasteiger partial charge in [-0.25, -0.2) is 9.97 Å². The third-order valence-corrected chi connectivity index (χ3v) is 3.34. The molecule has 0 bridgehead atoms. The van der Waals surface area contributed by atoms with Crippen molar-refractivity contribution < 1.29 is 10.2 Å². The van der Waals surface area contributed by atoms with Crippen LogP contribution in [0.2, 0.25) is 0 Å². The van der Waals surface area contributed by atoms with Gasteiger partial charge in [0.2, 0.25) is 0 Å². The van der Waals surface area contributed by atoms with Crippen LogP contribution in [0.1, 0.15) is 51.4 Å². The van der Waals surface area contributed by atoms with Crippen molar-refractivity contribution >= 4 is 11.6 Å². The van der Waals surface area contributed by atoms with Crippen molar-refractivity contribution in [2.75, 3.05) is 30.4 Å². The zero-order valence-electron chi connectivity index (χ0n) is 13.7. The average molecular weight is 296 g/mol. The number of anilines is 2. The summed E-state index contributed by atoms with van der Waals surface area (Å²) in [4.78, 5) is 9.10. The Bertz CT molecular complexity index is 459. The molecule has 1 aromatic rings. The van der Waals surface area contributed by atoms with Crippen molar-refractivity contribution in [2.45, 2.75) is 52.5 Å². The normalized spacial score (nSPS) is 11.8. The highest BCUT2D eigenvalue weighted by Gasteiger charge is 2.24. The molecule has 0 aromatic carbocycles. The van der Waals surface area contributed by atoms with E-state index < -0.39 is 5.54 Å². The molecule has 0 atom stereocenters. The Morgan fingerprint density at radius 3 is 2.19 bits per heavy atom. The van der Waals surface area contributed by atoms with Crippen molar-refractivity contribution in [2.24, 2.45) is 0 Å². The first-order chi connectivity index (χ1) is 9.86. The lowest BCUT2D eigenvalue weighted by atomic mass is 10.1. The molecule has 0 saturated heterocycles. The second kappa shape index (κ2) is 7.56. The quantitative estimate of drug-likeness (QED) is 0.586. The molecule has 1 rings (SSSR count). The maximum Gasteiger partial charge on any atom is 0.135 e.